The van der Waals surface area contributed by atoms with Crippen molar-refractivity contribution in [2.45, 2.75) is 38.6 Å². The third kappa shape index (κ3) is 3.09. The number of hydrogen-bond donors (Lipinski definition) is 1. The summed E-state index contributed by atoms with van der Waals surface area (Å²) in [6.07, 6.45) is 4.91. The molecule has 1 fully saturated rings. The van der Waals surface area contributed by atoms with Crippen molar-refractivity contribution in [1.29, 1.82) is 0 Å². The van der Waals surface area contributed by atoms with Gasteiger partial charge < -0.3 is 15.0 Å². The van der Waals surface area contributed by atoms with E-state index in [1.807, 2.05) is 7.11 Å². The number of fused-ring (bicyclic) bond motifs is 1. The Balaban J connectivity index is 1.84. The quantitative estimate of drug-likeness (QED) is 0.922. The van der Waals surface area contributed by atoms with E-state index in [0.717, 1.165) is 26.2 Å². The van der Waals surface area contributed by atoms with Crippen molar-refractivity contribution in [2.24, 2.45) is 5.41 Å². The monoisotopic (exact) mass is 288 g/mol. The molecule has 2 aliphatic heterocycles. The topological polar surface area (TPSA) is 24.5 Å². The summed E-state index contributed by atoms with van der Waals surface area (Å²) in [7, 11) is 1.84. The summed E-state index contributed by atoms with van der Waals surface area (Å²) in [4.78, 5) is 2.64. The van der Waals surface area contributed by atoms with E-state index in [-0.39, 0.29) is 0 Å². The maximum Gasteiger partial charge on any atom is 0.0536 e. The number of hydrogen-bond acceptors (Lipinski definition) is 3. The lowest BCUT2D eigenvalue weighted by molar-refractivity contribution is 0.0572. The molecule has 1 N–H and O–H groups in total. The van der Waals surface area contributed by atoms with Crippen LogP contribution in [0.25, 0.3) is 0 Å². The van der Waals surface area contributed by atoms with Crippen LogP contribution in [0.3, 0.4) is 0 Å². The van der Waals surface area contributed by atoms with Crippen LogP contribution < -0.4 is 10.2 Å². The van der Waals surface area contributed by atoms with Crippen LogP contribution >= 0.6 is 0 Å². The van der Waals surface area contributed by atoms with Crippen LogP contribution in [0.15, 0.2) is 24.3 Å². The van der Waals surface area contributed by atoms with Gasteiger partial charge in [-0.15, -0.1) is 0 Å². The first-order valence-electron chi connectivity index (χ1n) is 8.28. The molecule has 0 spiro atoms. The third-order valence-corrected chi connectivity index (χ3v) is 5.29. The van der Waals surface area contributed by atoms with E-state index < -0.39 is 0 Å². The Bertz CT molecular complexity index is 463. The summed E-state index contributed by atoms with van der Waals surface area (Å²) >= 11 is 0. The van der Waals surface area contributed by atoms with E-state index >= 15 is 0 Å². The van der Waals surface area contributed by atoms with E-state index in [0.29, 0.717) is 11.5 Å². The standard InChI is InChI=1S/C18H28N2O/c1-15-7-8-16-5-3-4-6-17(16)20(15)13-18(14-21-2)9-11-19-12-10-18/h3-6,15,19H,7-14H2,1-2H3. The van der Waals surface area contributed by atoms with Crippen molar-refractivity contribution >= 4 is 5.69 Å². The van der Waals surface area contributed by atoms with Crippen molar-refractivity contribution < 1.29 is 4.74 Å². The molecule has 3 rings (SSSR count). The second-order valence-corrected chi connectivity index (χ2v) is 6.83. The van der Waals surface area contributed by atoms with Gasteiger partial charge in [0.2, 0.25) is 0 Å². The Labute approximate surface area is 128 Å². The SMILES string of the molecule is COCC1(CN2c3ccccc3CCC2C)CCNCC1. The van der Waals surface area contributed by atoms with Crippen molar-refractivity contribution in [1.82, 2.24) is 5.32 Å². The molecule has 3 heteroatoms. The molecule has 0 radical (unpaired) electrons. The summed E-state index contributed by atoms with van der Waals surface area (Å²) in [5, 5.41) is 3.49. The van der Waals surface area contributed by atoms with Gasteiger partial charge in [-0.3, -0.25) is 0 Å². The first-order chi connectivity index (χ1) is 10.2. The van der Waals surface area contributed by atoms with Crippen LogP contribution in [0.4, 0.5) is 5.69 Å². The van der Waals surface area contributed by atoms with Gasteiger partial charge >= 0.3 is 0 Å². The molecule has 2 aliphatic rings. The highest BCUT2D eigenvalue weighted by Gasteiger charge is 2.36. The smallest absolute Gasteiger partial charge is 0.0536 e. The van der Waals surface area contributed by atoms with Gasteiger partial charge in [-0.2, -0.15) is 0 Å². The largest absolute Gasteiger partial charge is 0.384 e. The lowest BCUT2D eigenvalue weighted by Crippen LogP contribution is -2.50. The number of aryl methyl sites for hydroxylation is 1. The Morgan fingerprint density at radius 1 is 1.29 bits per heavy atom. The number of para-hydroxylation sites is 1. The molecule has 1 saturated heterocycles. The highest BCUT2D eigenvalue weighted by Crippen LogP contribution is 2.37. The van der Waals surface area contributed by atoms with Gasteiger partial charge in [-0.25, -0.2) is 0 Å². The minimum atomic E-state index is 0.304. The van der Waals surface area contributed by atoms with Gasteiger partial charge in [0, 0.05) is 30.8 Å². The van der Waals surface area contributed by atoms with Crippen molar-refractivity contribution in [3.8, 4) is 0 Å². The normalized spacial score (nSPS) is 24.7. The third-order valence-electron chi connectivity index (χ3n) is 5.29. The fourth-order valence-corrected chi connectivity index (χ4v) is 3.97. The number of nitrogens with zero attached hydrogens (tertiary/aromatic N) is 1. The zero-order chi connectivity index (χ0) is 14.7. The molecular formula is C18H28N2O. The lowest BCUT2D eigenvalue weighted by Gasteiger charge is -2.46. The van der Waals surface area contributed by atoms with Crippen LogP contribution in [-0.4, -0.2) is 39.4 Å². The zero-order valence-corrected chi connectivity index (χ0v) is 13.4. The van der Waals surface area contributed by atoms with Crippen LogP contribution in [0.5, 0.6) is 0 Å². The molecule has 0 aliphatic carbocycles. The van der Waals surface area contributed by atoms with Crippen LogP contribution in [0, 0.1) is 5.41 Å². The molecule has 1 aromatic rings. The van der Waals surface area contributed by atoms with Gasteiger partial charge in [-0.1, -0.05) is 18.2 Å². The molecule has 0 aromatic heterocycles. The molecule has 3 nitrogen and oxygen atoms in total. The van der Waals surface area contributed by atoms with Crippen LogP contribution in [0.2, 0.25) is 0 Å². The van der Waals surface area contributed by atoms with Gasteiger partial charge in [0.25, 0.3) is 0 Å². The van der Waals surface area contributed by atoms with Gasteiger partial charge in [0.15, 0.2) is 0 Å². The molecule has 21 heavy (non-hydrogen) atoms. The number of piperidine rings is 1. The predicted octanol–water partition coefficient (Wildman–Crippen LogP) is 2.84. The van der Waals surface area contributed by atoms with Crippen molar-refractivity contribution in [3.63, 3.8) is 0 Å². The Kier molecular flexibility index (Phi) is 4.51. The first-order valence-corrected chi connectivity index (χ1v) is 8.28. The Hall–Kier alpha value is -1.06. The molecule has 1 aromatic carbocycles. The fraction of sp³-hybridized carbons (Fsp3) is 0.667. The van der Waals surface area contributed by atoms with E-state index in [4.69, 9.17) is 4.74 Å². The Morgan fingerprint density at radius 3 is 2.81 bits per heavy atom. The average molecular weight is 288 g/mol. The summed E-state index contributed by atoms with van der Waals surface area (Å²) in [5.41, 5.74) is 3.26. The zero-order valence-electron chi connectivity index (χ0n) is 13.4. The predicted molar refractivity (Wildman–Crippen MR) is 88.0 cm³/mol. The summed E-state index contributed by atoms with van der Waals surface area (Å²) in [5.74, 6) is 0. The van der Waals surface area contributed by atoms with Gasteiger partial charge in [0.05, 0.1) is 6.61 Å². The molecule has 0 amide bonds. The summed E-state index contributed by atoms with van der Waals surface area (Å²) in [6, 6.07) is 9.56. The minimum Gasteiger partial charge on any atom is -0.384 e. The van der Waals surface area contributed by atoms with Crippen LogP contribution in [0.1, 0.15) is 31.7 Å². The fourth-order valence-electron chi connectivity index (χ4n) is 3.97. The number of rotatable bonds is 4. The maximum absolute atomic E-state index is 5.59. The molecule has 1 unspecified atom stereocenters. The van der Waals surface area contributed by atoms with E-state index in [1.165, 1.54) is 36.9 Å². The average Bonchev–Trinajstić information content (AvgIpc) is 2.51. The number of ether oxygens (including phenoxy) is 1. The molecule has 0 bridgehead atoms. The summed E-state index contributed by atoms with van der Waals surface area (Å²) in [6.45, 7) is 6.61. The number of methoxy groups -OCH3 is 1. The number of anilines is 1. The van der Waals surface area contributed by atoms with Crippen molar-refractivity contribution in [3.05, 3.63) is 29.8 Å². The summed E-state index contributed by atoms with van der Waals surface area (Å²) < 4.78 is 5.59. The van der Waals surface area contributed by atoms with E-state index in [2.05, 4.69) is 41.4 Å². The maximum atomic E-state index is 5.59. The van der Waals surface area contributed by atoms with Gasteiger partial charge in [-0.05, 0) is 57.3 Å². The molecule has 116 valence electrons. The van der Waals surface area contributed by atoms with Crippen LogP contribution in [-0.2, 0) is 11.2 Å². The molecule has 1 atom stereocenters. The minimum absolute atomic E-state index is 0.304. The Morgan fingerprint density at radius 2 is 2.05 bits per heavy atom. The van der Waals surface area contributed by atoms with Gasteiger partial charge in [0.1, 0.15) is 0 Å². The molecule has 0 saturated carbocycles. The second-order valence-electron chi connectivity index (χ2n) is 6.83. The number of nitrogens with one attached hydrogen (secondary N) is 1. The highest BCUT2D eigenvalue weighted by atomic mass is 16.5. The van der Waals surface area contributed by atoms with Crippen molar-refractivity contribution in [2.75, 3.05) is 38.3 Å². The highest BCUT2D eigenvalue weighted by molar-refractivity contribution is 5.56. The number of benzene rings is 1. The van der Waals surface area contributed by atoms with E-state index in [1.54, 1.807) is 0 Å². The lowest BCUT2D eigenvalue weighted by atomic mass is 9.78. The first kappa shape index (κ1) is 14.9. The second kappa shape index (κ2) is 6.37. The van der Waals surface area contributed by atoms with E-state index in [9.17, 15) is 0 Å². The molecule has 2 heterocycles. The molecular weight excluding hydrogens is 260 g/mol.